The molecule has 3 nitrogen and oxygen atoms in total. The maximum atomic E-state index is 6.17. The number of anilines is 1. The molecular formula is C13H23NO2Si. The monoisotopic (exact) mass is 253 g/mol. The second-order valence-corrected chi connectivity index (χ2v) is 10.5. The Labute approximate surface area is 105 Å². The number of benzene rings is 1. The average Bonchev–Trinajstić information content (AvgIpc) is 2.14. The van der Waals surface area contributed by atoms with Gasteiger partial charge in [0.25, 0.3) is 0 Å². The van der Waals surface area contributed by atoms with E-state index in [1.807, 2.05) is 12.1 Å². The molecule has 0 aliphatic rings. The first kappa shape index (κ1) is 13.9. The van der Waals surface area contributed by atoms with Crippen LogP contribution in [0, 0.1) is 0 Å². The van der Waals surface area contributed by atoms with Crippen LogP contribution in [0.25, 0.3) is 0 Å². The van der Waals surface area contributed by atoms with E-state index in [1.54, 1.807) is 13.2 Å². The highest BCUT2D eigenvalue weighted by molar-refractivity contribution is 6.74. The molecule has 1 aromatic carbocycles. The van der Waals surface area contributed by atoms with Crippen LogP contribution >= 0.6 is 0 Å². The van der Waals surface area contributed by atoms with Gasteiger partial charge in [0.1, 0.15) is 11.5 Å². The van der Waals surface area contributed by atoms with Gasteiger partial charge in [0, 0.05) is 23.9 Å². The van der Waals surface area contributed by atoms with Crippen LogP contribution in [0.15, 0.2) is 18.2 Å². The van der Waals surface area contributed by atoms with E-state index in [0.29, 0.717) is 5.69 Å². The fourth-order valence-electron chi connectivity index (χ4n) is 1.22. The van der Waals surface area contributed by atoms with Crippen LogP contribution in [0.4, 0.5) is 5.69 Å². The predicted molar refractivity (Wildman–Crippen MR) is 75.2 cm³/mol. The van der Waals surface area contributed by atoms with Crippen LogP contribution in [0.3, 0.4) is 0 Å². The lowest BCUT2D eigenvalue weighted by molar-refractivity contribution is 0.411. The Morgan fingerprint density at radius 3 is 2.06 bits per heavy atom. The lowest BCUT2D eigenvalue weighted by Gasteiger charge is -2.36. The van der Waals surface area contributed by atoms with Gasteiger partial charge in [-0.1, -0.05) is 20.8 Å². The summed E-state index contributed by atoms with van der Waals surface area (Å²) in [4.78, 5) is 0. The van der Waals surface area contributed by atoms with Crippen LogP contribution in [0.1, 0.15) is 20.8 Å². The standard InChI is InChI=1S/C13H23NO2Si/c1-13(2,3)17(5,6)16-12-8-10(14)7-11(9-12)15-4/h7-9H,14H2,1-6H3. The zero-order valence-electron chi connectivity index (χ0n) is 11.6. The normalized spacial score (nSPS) is 12.4. The van der Waals surface area contributed by atoms with Gasteiger partial charge in [0.15, 0.2) is 0 Å². The Morgan fingerprint density at radius 2 is 1.59 bits per heavy atom. The molecule has 0 bridgehead atoms. The molecule has 0 saturated heterocycles. The highest BCUT2D eigenvalue weighted by Gasteiger charge is 2.39. The first-order chi connectivity index (χ1) is 7.65. The third-order valence-electron chi connectivity index (χ3n) is 3.32. The molecular weight excluding hydrogens is 230 g/mol. The molecule has 0 unspecified atom stereocenters. The van der Waals surface area contributed by atoms with Crippen LogP contribution in [0.5, 0.6) is 11.5 Å². The Kier molecular flexibility index (Phi) is 3.77. The fourth-order valence-corrected chi connectivity index (χ4v) is 2.23. The van der Waals surface area contributed by atoms with Crippen molar-refractivity contribution < 1.29 is 9.16 Å². The van der Waals surface area contributed by atoms with Crippen molar-refractivity contribution in [2.75, 3.05) is 12.8 Å². The average molecular weight is 253 g/mol. The van der Waals surface area contributed by atoms with E-state index in [0.717, 1.165) is 11.5 Å². The van der Waals surface area contributed by atoms with Crippen molar-refractivity contribution in [3.63, 3.8) is 0 Å². The van der Waals surface area contributed by atoms with E-state index in [-0.39, 0.29) is 5.04 Å². The lowest BCUT2D eigenvalue weighted by atomic mass is 10.2. The zero-order valence-corrected chi connectivity index (χ0v) is 12.6. The summed E-state index contributed by atoms with van der Waals surface area (Å²) in [5, 5.41) is 0.171. The molecule has 96 valence electrons. The van der Waals surface area contributed by atoms with Crippen LogP contribution in [-0.4, -0.2) is 15.4 Å². The molecule has 0 radical (unpaired) electrons. The minimum atomic E-state index is -1.82. The van der Waals surface area contributed by atoms with Crippen LogP contribution in [-0.2, 0) is 0 Å². The second-order valence-electron chi connectivity index (χ2n) is 5.80. The van der Waals surface area contributed by atoms with E-state index >= 15 is 0 Å². The summed E-state index contributed by atoms with van der Waals surface area (Å²) in [5.41, 5.74) is 6.48. The van der Waals surface area contributed by atoms with E-state index in [1.165, 1.54) is 0 Å². The van der Waals surface area contributed by atoms with Gasteiger partial charge in [0.05, 0.1) is 7.11 Å². The molecule has 0 aromatic heterocycles. The number of methoxy groups -OCH3 is 1. The van der Waals surface area contributed by atoms with Crippen molar-refractivity contribution in [1.82, 2.24) is 0 Å². The van der Waals surface area contributed by atoms with Crippen molar-refractivity contribution in [3.8, 4) is 11.5 Å². The molecule has 17 heavy (non-hydrogen) atoms. The quantitative estimate of drug-likeness (QED) is 0.660. The first-order valence-corrected chi connectivity index (χ1v) is 8.70. The lowest BCUT2D eigenvalue weighted by Crippen LogP contribution is -2.43. The molecule has 0 saturated carbocycles. The number of rotatable bonds is 3. The summed E-state index contributed by atoms with van der Waals surface area (Å²) in [6, 6.07) is 5.53. The third kappa shape index (κ3) is 3.39. The minimum Gasteiger partial charge on any atom is -0.543 e. The second kappa shape index (κ2) is 4.60. The summed E-state index contributed by atoms with van der Waals surface area (Å²) >= 11 is 0. The molecule has 0 spiro atoms. The SMILES string of the molecule is COc1cc(N)cc(O[Si](C)(C)C(C)(C)C)c1. The molecule has 0 atom stereocenters. The first-order valence-electron chi connectivity index (χ1n) is 5.79. The van der Waals surface area contributed by atoms with Gasteiger partial charge < -0.3 is 14.9 Å². The van der Waals surface area contributed by atoms with Gasteiger partial charge in [0.2, 0.25) is 8.32 Å². The zero-order chi connectivity index (χ0) is 13.3. The summed E-state index contributed by atoms with van der Waals surface area (Å²) < 4.78 is 11.4. The highest BCUT2D eigenvalue weighted by Crippen LogP contribution is 2.38. The van der Waals surface area contributed by atoms with Gasteiger partial charge in [-0.15, -0.1) is 0 Å². The summed E-state index contributed by atoms with van der Waals surface area (Å²) in [7, 11) is -0.186. The number of nitrogen functional groups attached to an aromatic ring is 1. The predicted octanol–water partition coefficient (Wildman–Crippen LogP) is 3.66. The number of nitrogens with two attached hydrogens (primary N) is 1. The molecule has 4 heteroatoms. The van der Waals surface area contributed by atoms with Crippen molar-refractivity contribution in [3.05, 3.63) is 18.2 Å². The van der Waals surface area contributed by atoms with E-state index in [4.69, 9.17) is 14.9 Å². The fraction of sp³-hybridized carbons (Fsp3) is 0.538. The molecule has 0 heterocycles. The molecule has 0 amide bonds. The smallest absolute Gasteiger partial charge is 0.250 e. The maximum Gasteiger partial charge on any atom is 0.250 e. The van der Waals surface area contributed by atoms with Crippen molar-refractivity contribution >= 4 is 14.0 Å². The Morgan fingerprint density at radius 1 is 1.06 bits per heavy atom. The number of ether oxygens (including phenoxy) is 1. The third-order valence-corrected chi connectivity index (χ3v) is 7.68. The molecule has 0 fully saturated rings. The van der Waals surface area contributed by atoms with Gasteiger partial charge in [-0.25, -0.2) is 0 Å². The minimum absolute atomic E-state index is 0.171. The van der Waals surface area contributed by atoms with Crippen molar-refractivity contribution in [2.45, 2.75) is 38.9 Å². The van der Waals surface area contributed by atoms with E-state index in [9.17, 15) is 0 Å². The van der Waals surface area contributed by atoms with Gasteiger partial charge in [-0.05, 0) is 18.1 Å². The summed E-state index contributed by atoms with van der Waals surface area (Å²) in [6.45, 7) is 11.1. The Bertz CT molecular complexity index is 397. The van der Waals surface area contributed by atoms with E-state index in [2.05, 4.69) is 33.9 Å². The van der Waals surface area contributed by atoms with Crippen molar-refractivity contribution in [1.29, 1.82) is 0 Å². The Balaban J connectivity index is 2.99. The molecule has 0 aliphatic carbocycles. The molecule has 0 aliphatic heterocycles. The maximum absolute atomic E-state index is 6.17. The van der Waals surface area contributed by atoms with Crippen LogP contribution < -0.4 is 14.9 Å². The van der Waals surface area contributed by atoms with Crippen LogP contribution in [0.2, 0.25) is 18.1 Å². The van der Waals surface area contributed by atoms with Gasteiger partial charge >= 0.3 is 0 Å². The van der Waals surface area contributed by atoms with Gasteiger partial charge in [-0.2, -0.15) is 0 Å². The molecule has 2 N–H and O–H groups in total. The van der Waals surface area contributed by atoms with Crippen molar-refractivity contribution in [2.24, 2.45) is 0 Å². The molecule has 1 rings (SSSR count). The highest BCUT2D eigenvalue weighted by atomic mass is 28.4. The largest absolute Gasteiger partial charge is 0.543 e. The molecule has 1 aromatic rings. The Hall–Kier alpha value is -1.16. The van der Waals surface area contributed by atoms with E-state index < -0.39 is 8.32 Å². The van der Waals surface area contributed by atoms with Gasteiger partial charge in [-0.3, -0.25) is 0 Å². The number of hydrogen-bond donors (Lipinski definition) is 1. The number of hydrogen-bond acceptors (Lipinski definition) is 3. The topological polar surface area (TPSA) is 44.5 Å². The summed E-state index contributed by atoms with van der Waals surface area (Å²) in [5.74, 6) is 1.53. The summed E-state index contributed by atoms with van der Waals surface area (Å²) in [6.07, 6.45) is 0.